The van der Waals surface area contributed by atoms with Crippen molar-refractivity contribution in [3.05, 3.63) is 30.3 Å². The first-order valence-corrected chi connectivity index (χ1v) is 8.46. The number of anilines is 1. The average Bonchev–Trinajstić information content (AvgIpc) is 2.94. The van der Waals surface area contributed by atoms with Crippen LogP contribution in [0.4, 0.5) is 5.69 Å². The molecule has 124 valence electrons. The summed E-state index contributed by atoms with van der Waals surface area (Å²) in [7, 11) is 0. The summed E-state index contributed by atoms with van der Waals surface area (Å²) in [6.07, 6.45) is 1.19. The Morgan fingerprint density at radius 3 is 2.65 bits per heavy atom. The van der Waals surface area contributed by atoms with Crippen LogP contribution in [-0.4, -0.2) is 48.8 Å². The first-order valence-electron chi connectivity index (χ1n) is 8.46. The Labute approximate surface area is 137 Å². The highest BCUT2D eigenvalue weighted by molar-refractivity contribution is 5.93. The summed E-state index contributed by atoms with van der Waals surface area (Å²) in [6, 6.07) is 10.4. The van der Waals surface area contributed by atoms with Crippen LogP contribution in [0, 0.1) is 5.92 Å². The van der Waals surface area contributed by atoms with E-state index >= 15 is 0 Å². The minimum atomic E-state index is -0.421. The molecule has 1 fully saturated rings. The molecule has 2 aliphatic heterocycles. The maximum Gasteiger partial charge on any atom is 0.266 e. The number of nitrogens with zero attached hydrogens (tertiary/aromatic N) is 3. The van der Waals surface area contributed by atoms with Gasteiger partial charge in [-0.15, -0.1) is 0 Å². The summed E-state index contributed by atoms with van der Waals surface area (Å²) in [5.41, 5.74) is 2.22. The monoisotopic (exact) mass is 315 g/mol. The molecule has 1 atom stereocenters. The smallest absolute Gasteiger partial charge is 0.266 e. The fraction of sp³-hybridized carbons (Fsp3) is 0.556. The van der Waals surface area contributed by atoms with Crippen molar-refractivity contribution in [1.29, 1.82) is 0 Å². The van der Waals surface area contributed by atoms with Crippen LogP contribution in [0.2, 0.25) is 0 Å². The second-order valence-electron chi connectivity index (χ2n) is 6.54. The normalized spacial score (nSPS) is 21.9. The van der Waals surface area contributed by atoms with E-state index in [2.05, 4.69) is 48.2 Å². The number of benzene rings is 1. The summed E-state index contributed by atoms with van der Waals surface area (Å²) in [6.45, 7) is 7.54. The van der Waals surface area contributed by atoms with Crippen molar-refractivity contribution in [2.45, 2.75) is 32.8 Å². The van der Waals surface area contributed by atoms with Gasteiger partial charge in [0.15, 0.2) is 0 Å². The number of carbonyl (C=O) groups excluding carboxylic acids is 1. The molecule has 0 aromatic heterocycles. The highest BCUT2D eigenvalue weighted by atomic mass is 16.6. The minimum Gasteiger partial charge on any atom is -0.382 e. The molecule has 1 aromatic carbocycles. The predicted molar refractivity (Wildman–Crippen MR) is 91.6 cm³/mol. The number of amides is 1. The van der Waals surface area contributed by atoms with Gasteiger partial charge in [-0.2, -0.15) is 0 Å². The van der Waals surface area contributed by atoms with Gasteiger partial charge in [-0.1, -0.05) is 37.2 Å². The quantitative estimate of drug-likeness (QED) is 0.861. The molecule has 3 rings (SSSR count). The van der Waals surface area contributed by atoms with E-state index in [1.165, 1.54) is 5.69 Å². The van der Waals surface area contributed by atoms with Gasteiger partial charge in [-0.3, -0.25) is 4.79 Å². The van der Waals surface area contributed by atoms with Crippen molar-refractivity contribution in [3.63, 3.8) is 0 Å². The molecule has 0 N–H and O–H groups in total. The summed E-state index contributed by atoms with van der Waals surface area (Å²) in [4.78, 5) is 22.3. The summed E-state index contributed by atoms with van der Waals surface area (Å²) >= 11 is 0. The van der Waals surface area contributed by atoms with Crippen LogP contribution in [0.1, 0.15) is 26.7 Å². The van der Waals surface area contributed by atoms with Gasteiger partial charge in [0.25, 0.3) is 5.91 Å². The first kappa shape index (κ1) is 15.8. The number of carbonyl (C=O) groups is 1. The molecule has 0 aliphatic carbocycles. The third kappa shape index (κ3) is 3.66. The van der Waals surface area contributed by atoms with Gasteiger partial charge in [-0.25, -0.2) is 0 Å². The van der Waals surface area contributed by atoms with Crippen LogP contribution in [0.3, 0.4) is 0 Å². The van der Waals surface area contributed by atoms with Gasteiger partial charge in [0, 0.05) is 38.3 Å². The third-order valence-electron chi connectivity index (χ3n) is 4.56. The Morgan fingerprint density at radius 1 is 1.17 bits per heavy atom. The van der Waals surface area contributed by atoms with Gasteiger partial charge < -0.3 is 14.6 Å². The maximum atomic E-state index is 12.7. The van der Waals surface area contributed by atoms with Crippen molar-refractivity contribution in [3.8, 4) is 0 Å². The molecule has 2 aliphatic rings. The lowest BCUT2D eigenvalue weighted by molar-refractivity contribution is -0.141. The number of hydrogen-bond acceptors (Lipinski definition) is 4. The Morgan fingerprint density at radius 2 is 1.96 bits per heavy atom. The van der Waals surface area contributed by atoms with Crippen LogP contribution < -0.4 is 4.90 Å². The Balaban J connectivity index is 1.57. The van der Waals surface area contributed by atoms with Gasteiger partial charge in [0.1, 0.15) is 0 Å². The molecule has 1 aromatic rings. The summed E-state index contributed by atoms with van der Waals surface area (Å²) in [5, 5.41) is 4.08. The molecule has 1 amide bonds. The lowest BCUT2D eigenvalue weighted by Gasteiger charge is -2.24. The maximum absolute atomic E-state index is 12.7. The van der Waals surface area contributed by atoms with Gasteiger partial charge in [0.2, 0.25) is 6.10 Å². The molecule has 5 heteroatoms. The molecule has 0 saturated carbocycles. The molecular weight excluding hydrogens is 290 g/mol. The summed E-state index contributed by atoms with van der Waals surface area (Å²) < 4.78 is 0. The second kappa shape index (κ2) is 7.02. The van der Waals surface area contributed by atoms with Crippen molar-refractivity contribution >= 4 is 17.3 Å². The number of hydrogen-bond donors (Lipinski definition) is 0. The molecule has 0 spiro atoms. The molecule has 23 heavy (non-hydrogen) atoms. The van der Waals surface area contributed by atoms with Gasteiger partial charge in [0.05, 0.1) is 5.71 Å². The average molecular weight is 315 g/mol. The van der Waals surface area contributed by atoms with Gasteiger partial charge >= 0.3 is 0 Å². The molecule has 1 saturated heterocycles. The lowest BCUT2D eigenvalue weighted by atomic mass is 10.0. The van der Waals surface area contributed by atoms with E-state index in [4.69, 9.17) is 4.84 Å². The molecule has 1 unspecified atom stereocenters. The fourth-order valence-electron chi connectivity index (χ4n) is 3.11. The highest BCUT2D eigenvalue weighted by Crippen LogP contribution is 2.20. The number of oxime groups is 1. The van der Waals surface area contributed by atoms with E-state index in [1.54, 1.807) is 0 Å². The van der Waals surface area contributed by atoms with E-state index in [0.29, 0.717) is 12.3 Å². The fourth-order valence-corrected chi connectivity index (χ4v) is 3.11. The van der Waals surface area contributed by atoms with E-state index in [-0.39, 0.29) is 5.91 Å². The van der Waals surface area contributed by atoms with Gasteiger partial charge in [-0.05, 0) is 24.5 Å². The van der Waals surface area contributed by atoms with Crippen LogP contribution in [0.5, 0.6) is 0 Å². The standard InChI is InChI=1S/C18H25N3O2/c1-14(2)16-13-17(23-19-16)18(22)21-10-6-9-20(11-12-21)15-7-4-3-5-8-15/h3-5,7-8,14,17H,6,9-13H2,1-2H3. The van der Waals surface area contributed by atoms with E-state index < -0.39 is 6.10 Å². The largest absolute Gasteiger partial charge is 0.382 e. The van der Waals surface area contributed by atoms with E-state index in [1.807, 2.05) is 11.0 Å². The highest BCUT2D eigenvalue weighted by Gasteiger charge is 2.33. The van der Waals surface area contributed by atoms with Crippen molar-refractivity contribution in [2.24, 2.45) is 11.1 Å². The lowest BCUT2D eigenvalue weighted by Crippen LogP contribution is -2.41. The van der Waals surface area contributed by atoms with Crippen molar-refractivity contribution in [1.82, 2.24) is 4.90 Å². The number of para-hydroxylation sites is 1. The van der Waals surface area contributed by atoms with Crippen LogP contribution in [0.25, 0.3) is 0 Å². The topological polar surface area (TPSA) is 45.1 Å². The Hall–Kier alpha value is -2.04. The molecule has 5 nitrogen and oxygen atoms in total. The zero-order valence-electron chi connectivity index (χ0n) is 13.9. The van der Waals surface area contributed by atoms with E-state index in [9.17, 15) is 4.79 Å². The molecule has 0 radical (unpaired) electrons. The zero-order chi connectivity index (χ0) is 16.2. The minimum absolute atomic E-state index is 0.0827. The van der Waals surface area contributed by atoms with E-state index in [0.717, 1.165) is 38.3 Å². The van der Waals surface area contributed by atoms with Crippen LogP contribution >= 0.6 is 0 Å². The Bertz CT molecular complexity index is 571. The SMILES string of the molecule is CC(C)C1=NOC(C(=O)N2CCCN(c3ccccc3)CC2)C1. The van der Waals surface area contributed by atoms with Crippen LogP contribution in [0.15, 0.2) is 35.5 Å². The Kier molecular flexibility index (Phi) is 4.84. The summed E-state index contributed by atoms with van der Waals surface area (Å²) in [5.74, 6) is 0.421. The zero-order valence-corrected chi connectivity index (χ0v) is 13.9. The number of rotatable bonds is 3. The molecular formula is C18H25N3O2. The van der Waals surface area contributed by atoms with Crippen LogP contribution in [-0.2, 0) is 9.63 Å². The third-order valence-corrected chi connectivity index (χ3v) is 4.56. The van der Waals surface area contributed by atoms with Crippen molar-refractivity contribution < 1.29 is 9.63 Å². The van der Waals surface area contributed by atoms with Crippen molar-refractivity contribution in [2.75, 3.05) is 31.1 Å². The predicted octanol–water partition coefficient (Wildman–Crippen LogP) is 2.53. The second-order valence-corrected chi connectivity index (χ2v) is 6.54. The first-order chi connectivity index (χ1) is 11.1. The molecule has 2 heterocycles. The molecule has 0 bridgehead atoms.